The smallest absolute Gasteiger partial charge is 0.167 e. The number of carbonyl (C=O) groups excluding carboxylic acids is 1. The molecule has 132 valence electrons. The molecule has 2 aromatic heterocycles. The predicted molar refractivity (Wildman–Crippen MR) is 100 cm³/mol. The van der Waals surface area contributed by atoms with Crippen LogP contribution in [0.15, 0.2) is 61.1 Å². The van der Waals surface area contributed by atoms with Crippen LogP contribution in [0.25, 0.3) is 5.69 Å². The monoisotopic (exact) mass is 346 g/mol. The van der Waals surface area contributed by atoms with E-state index in [1.807, 2.05) is 47.3 Å². The van der Waals surface area contributed by atoms with Crippen molar-refractivity contribution in [2.45, 2.75) is 32.9 Å². The molecule has 1 aliphatic carbocycles. The third-order valence-corrected chi connectivity index (χ3v) is 5.01. The number of fused-ring (bicyclic) bond motifs is 1. The van der Waals surface area contributed by atoms with E-state index in [-0.39, 0.29) is 17.2 Å². The van der Waals surface area contributed by atoms with Crippen molar-refractivity contribution in [3.05, 3.63) is 77.9 Å². The fraction of sp³-hybridized carbons (Fsp3) is 0.286. The van der Waals surface area contributed by atoms with Crippen LogP contribution < -0.4 is 5.32 Å². The van der Waals surface area contributed by atoms with Crippen LogP contribution in [0.2, 0.25) is 0 Å². The number of benzene rings is 1. The molecule has 0 fully saturated rings. The zero-order valence-corrected chi connectivity index (χ0v) is 15.0. The van der Waals surface area contributed by atoms with Crippen molar-refractivity contribution in [1.29, 1.82) is 0 Å². The highest BCUT2D eigenvalue weighted by Crippen LogP contribution is 2.44. The summed E-state index contributed by atoms with van der Waals surface area (Å²) in [6, 6.07) is 14.0. The lowest BCUT2D eigenvalue weighted by Gasteiger charge is -2.39. The summed E-state index contributed by atoms with van der Waals surface area (Å²) in [6.07, 6.45) is 5.85. The SMILES string of the molecule is CC1(C)CC(=O)c2cnn(-c3ccccc3)c2C1NCc1cccnc1. The quantitative estimate of drug-likeness (QED) is 0.782. The lowest BCUT2D eigenvalue weighted by atomic mass is 9.72. The minimum absolute atomic E-state index is 0.0121. The van der Waals surface area contributed by atoms with Gasteiger partial charge in [0.15, 0.2) is 5.78 Å². The number of aromatic nitrogens is 3. The molecule has 0 bridgehead atoms. The van der Waals surface area contributed by atoms with E-state index in [0.29, 0.717) is 13.0 Å². The number of nitrogens with zero attached hydrogens (tertiary/aromatic N) is 3. The molecule has 2 heterocycles. The molecule has 4 rings (SSSR count). The first-order valence-corrected chi connectivity index (χ1v) is 8.85. The molecule has 0 saturated carbocycles. The largest absolute Gasteiger partial charge is 0.304 e. The molecular formula is C21H22N4O. The fourth-order valence-corrected chi connectivity index (χ4v) is 3.70. The molecule has 0 spiro atoms. The average molecular weight is 346 g/mol. The molecule has 26 heavy (non-hydrogen) atoms. The zero-order valence-electron chi connectivity index (χ0n) is 15.0. The molecule has 1 N–H and O–H groups in total. The first-order chi connectivity index (χ1) is 12.6. The number of rotatable bonds is 4. The van der Waals surface area contributed by atoms with Gasteiger partial charge in [0.25, 0.3) is 0 Å². The van der Waals surface area contributed by atoms with Gasteiger partial charge in [-0.1, -0.05) is 38.1 Å². The Hall–Kier alpha value is -2.79. The van der Waals surface area contributed by atoms with Crippen molar-refractivity contribution in [2.75, 3.05) is 0 Å². The van der Waals surface area contributed by atoms with Crippen LogP contribution in [0, 0.1) is 5.41 Å². The average Bonchev–Trinajstić information content (AvgIpc) is 3.08. The fourth-order valence-electron chi connectivity index (χ4n) is 3.70. The standard InChI is InChI=1S/C21H22N4O/c1-21(2)11-18(26)17-14-24-25(16-8-4-3-5-9-16)19(17)20(21)23-13-15-7-6-10-22-12-15/h3-10,12,14,20,23H,11,13H2,1-2H3. The summed E-state index contributed by atoms with van der Waals surface area (Å²) in [5, 5.41) is 8.18. The molecule has 0 aliphatic heterocycles. The summed E-state index contributed by atoms with van der Waals surface area (Å²) in [5.41, 5.74) is 3.54. The van der Waals surface area contributed by atoms with E-state index in [9.17, 15) is 4.79 Å². The lowest BCUT2D eigenvalue weighted by molar-refractivity contribution is 0.0859. The Bertz CT molecular complexity index is 916. The van der Waals surface area contributed by atoms with Crippen molar-refractivity contribution in [2.24, 2.45) is 5.41 Å². The Morgan fingerprint density at radius 2 is 1.96 bits per heavy atom. The van der Waals surface area contributed by atoms with Crippen LogP contribution in [0.1, 0.15) is 47.9 Å². The van der Waals surface area contributed by atoms with Gasteiger partial charge in [0.1, 0.15) is 0 Å². The first-order valence-electron chi connectivity index (χ1n) is 8.85. The summed E-state index contributed by atoms with van der Waals surface area (Å²) < 4.78 is 1.90. The maximum Gasteiger partial charge on any atom is 0.167 e. The lowest BCUT2D eigenvalue weighted by Crippen LogP contribution is -2.41. The van der Waals surface area contributed by atoms with Crippen LogP contribution in [0.4, 0.5) is 0 Å². The number of nitrogens with one attached hydrogen (secondary N) is 1. The molecule has 5 nitrogen and oxygen atoms in total. The van der Waals surface area contributed by atoms with E-state index < -0.39 is 0 Å². The Kier molecular flexibility index (Phi) is 4.17. The number of ketones is 1. The maximum absolute atomic E-state index is 12.7. The number of para-hydroxylation sites is 1. The molecule has 1 atom stereocenters. The minimum atomic E-state index is -0.209. The summed E-state index contributed by atoms with van der Waals surface area (Å²) in [6.45, 7) is 4.96. The molecular weight excluding hydrogens is 324 g/mol. The minimum Gasteiger partial charge on any atom is -0.304 e. The van der Waals surface area contributed by atoms with Gasteiger partial charge < -0.3 is 5.32 Å². The molecule has 0 amide bonds. The number of hydrogen-bond donors (Lipinski definition) is 1. The van der Waals surface area contributed by atoms with Crippen LogP contribution >= 0.6 is 0 Å². The van der Waals surface area contributed by atoms with Crippen molar-refractivity contribution in [1.82, 2.24) is 20.1 Å². The highest BCUT2D eigenvalue weighted by molar-refractivity contribution is 5.99. The van der Waals surface area contributed by atoms with Crippen molar-refractivity contribution in [3.63, 3.8) is 0 Å². The van der Waals surface area contributed by atoms with E-state index in [0.717, 1.165) is 22.5 Å². The van der Waals surface area contributed by atoms with Crippen LogP contribution in [0.5, 0.6) is 0 Å². The summed E-state index contributed by atoms with van der Waals surface area (Å²) in [4.78, 5) is 16.9. The first kappa shape index (κ1) is 16.7. The second kappa shape index (κ2) is 6.50. The third kappa shape index (κ3) is 2.95. The van der Waals surface area contributed by atoms with Gasteiger partial charge in [-0.25, -0.2) is 4.68 Å². The van der Waals surface area contributed by atoms with Crippen molar-refractivity contribution >= 4 is 5.78 Å². The van der Waals surface area contributed by atoms with Gasteiger partial charge in [-0.2, -0.15) is 5.10 Å². The van der Waals surface area contributed by atoms with Crippen LogP contribution in [-0.2, 0) is 6.54 Å². The molecule has 1 aromatic carbocycles. The second-order valence-electron chi connectivity index (χ2n) is 7.45. The Labute approximate surface area is 153 Å². The van der Waals surface area contributed by atoms with Gasteiger partial charge in [0, 0.05) is 25.4 Å². The highest BCUT2D eigenvalue weighted by Gasteiger charge is 2.42. The summed E-state index contributed by atoms with van der Waals surface area (Å²) in [5.74, 6) is 0.159. The van der Waals surface area contributed by atoms with Gasteiger partial charge in [-0.05, 0) is 29.2 Å². The highest BCUT2D eigenvalue weighted by atomic mass is 16.1. The molecule has 1 unspecified atom stereocenters. The predicted octanol–water partition coefficient (Wildman–Crippen LogP) is 3.71. The second-order valence-corrected chi connectivity index (χ2v) is 7.45. The van der Waals surface area contributed by atoms with E-state index in [1.54, 1.807) is 12.4 Å². The van der Waals surface area contributed by atoms with Gasteiger partial charge in [-0.15, -0.1) is 0 Å². The number of Topliss-reactive ketones (excluding diaryl/α,β-unsaturated/α-hetero) is 1. The van der Waals surface area contributed by atoms with Crippen molar-refractivity contribution in [3.8, 4) is 5.69 Å². The normalized spacial score (nSPS) is 18.5. The molecule has 3 aromatic rings. The van der Waals surface area contributed by atoms with Crippen LogP contribution in [-0.4, -0.2) is 20.5 Å². The summed E-state index contributed by atoms with van der Waals surface area (Å²) >= 11 is 0. The van der Waals surface area contributed by atoms with E-state index >= 15 is 0 Å². The molecule has 1 aliphatic rings. The van der Waals surface area contributed by atoms with Crippen LogP contribution in [0.3, 0.4) is 0 Å². The van der Waals surface area contributed by atoms with E-state index in [1.165, 1.54) is 0 Å². The van der Waals surface area contributed by atoms with Crippen molar-refractivity contribution < 1.29 is 4.79 Å². The zero-order chi connectivity index (χ0) is 18.1. The topological polar surface area (TPSA) is 59.8 Å². The Morgan fingerprint density at radius 3 is 2.69 bits per heavy atom. The Balaban J connectivity index is 1.75. The molecule has 5 heteroatoms. The van der Waals surface area contributed by atoms with Gasteiger partial charge in [0.2, 0.25) is 0 Å². The number of hydrogen-bond acceptors (Lipinski definition) is 4. The number of carbonyl (C=O) groups is 1. The van der Waals surface area contributed by atoms with E-state index in [4.69, 9.17) is 0 Å². The Morgan fingerprint density at radius 1 is 1.15 bits per heavy atom. The van der Waals surface area contributed by atoms with Gasteiger partial charge in [-0.3, -0.25) is 9.78 Å². The van der Waals surface area contributed by atoms with Gasteiger partial charge in [0.05, 0.1) is 29.2 Å². The molecule has 0 radical (unpaired) electrons. The molecule has 0 saturated heterocycles. The number of pyridine rings is 1. The third-order valence-electron chi connectivity index (χ3n) is 5.01. The van der Waals surface area contributed by atoms with E-state index in [2.05, 4.69) is 35.3 Å². The summed E-state index contributed by atoms with van der Waals surface area (Å²) in [7, 11) is 0. The maximum atomic E-state index is 12.7. The van der Waals surface area contributed by atoms with Gasteiger partial charge >= 0.3 is 0 Å².